The third kappa shape index (κ3) is 5.32. The molecular formula is C32H22Cl2N2O4S. The molecule has 3 aromatic carbocycles. The second kappa shape index (κ2) is 11.4. The van der Waals surface area contributed by atoms with Gasteiger partial charge < -0.3 is 9.15 Å². The van der Waals surface area contributed by atoms with E-state index in [1.807, 2.05) is 54.6 Å². The number of thiazole rings is 1. The molecule has 6 nitrogen and oxygen atoms in total. The molecule has 0 aliphatic carbocycles. The quantitative estimate of drug-likeness (QED) is 0.208. The fourth-order valence-electron chi connectivity index (χ4n) is 4.76. The Labute approximate surface area is 249 Å². The van der Waals surface area contributed by atoms with Crippen molar-refractivity contribution in [2.45, 2.75) is 13.0 Å². The minimum atomic E-state index is -0.779. The van der Waals surface area contributed by atoms with Gasteiger partial charge >= 0.3 is 5.97 Å². The summed E-state index contributed by atoms with van der Waals surface area (Å²) < 4.78 is 13.5. The molecule has 0 fully saturated rings. The van der Waals surface area contributed by atoms with Crippen LogP contribution in [0.4, 0.5) is 0 Å². The third-order valence-electron chi connectivity index (χ3n) is 6.57. The van der Waals surface area contributed by atoms with Crippen molar-refractivity contribution in [3.8, 4) is 11.3 Å². The lowest BCUT2D eigenvalue weighted by molar-refractivity contribution is -0.138. The highest BCUT2D eigenvalue weighted by atomic mass is 35.5. The molecule has 0 N–H and O–H groups in total. The lowest BCUT2D eigenvalue weighted by Gasteiger charge is -2.25. The molecule has 204 valence electrons. The molecule has 0 spiro atoms. The van der Waals surface area contributed by atoms with Gasteiger partial charge in [0.1, 0.15) is 11.5 Å². The summed E-state index contributed by atoms with van der Waals surface area (Å²) in [4.78, 5) is 32.8. The molecule has 1 atom stereocenters. The SMILES string of the molecule is CCOC(=O)C1=C(c2ccccc2)N=c2s/c(=C\c3ccc(-c4cccc(Cl)c4)o3)c(=O)n2C1c1ccc(Cl)cc1. The van der Waals surface area contributed by atoms with Crippen molar-refractivity contribution in [1.82, 2.24) is 4.57 Å². The largest absolute Gasteiger partial charge is 0.463 e. The van der Waals surface area contributed by atoms with Gasteiger partial charge in [-0.15, -0.1) is 0 Å². The predicted octanol–water partition coefficient (Wildman–Crippen LogP) is 6.50. The summed E-state index contributed by atoms with van der Waals surface area (Å²) in [6, 6.07) is 26.7. The van der Waals surface area contributed by atoms with Crippen LogP contribution in [0.5, 0.6) is 0 Å². The number of carbonyl (C=O) groups excluding carboxylic acids is 1. The van der Waals surface area contributed by atoms with E-state index in [0.717, 1.165) is 11.1 Å². The molecule has 1 aliphatic rings. The summed E-state index contributed by atoms with van der Waals surface area (Å²) in [5, 5.41) is 1.14. The van der Waals surface area contributed by atoms with Gasteiger partial charge in [0.2, 0.25) is 0 Å². The minimum Gasteiger partial charge on any atom is -0.463 e. The topological polar surface area (TPSA) is 73.8 Å². The van der Waals surface area contributed by atoms with Crippen LogP contribution in [0.3, 0.4) is 0 Å². The van der Waals surface area contributed by atoms with Crippen LogP contribution in [0, 0.1) is 0 Å². The zero-order chi connectivity index (χ0) is 28.5. The Morgan fingerprint density at radius 2 is 1.73 bits per heavy atom. The van der Waals surface area contributed by atoms with Crippen molar-refractivity contribution in [2.24, 2.45) is 4.99 Å². The minimum absolute atomic E-state index is 0.176. The van der Waals surface area contributed by atoms with Gasteiger partial charge in [-0.3, -0.25) is 9.36 Å². The molecule has 2 aromatic heterocycles. The summed E-state index contributed by atoms with van der Waals surface area (Å²) in [6.07, 6.45) is 1.69. The second-order valence-corrected chi connectivity index (χ2v) is 11.1. The van der Waals surface area contributed by atoms with E-state index in [9.17, 15) is 9.59 Å². The number of ether oxygens (including phenoxy) is 1. The molecule has 0 radical (unpaired) electrons. The van der Waals surface area contributed by atoms with E-state index >= 15 is 0 Å². The Kier molecular flexibility index (Phi) is 7.49. The van der Waals surface area contributed by atoms with Gasteiger partial charge in [0, 0.05) is 27.2 Å². The first-order chi connectivity index (χ1) is 19.9. The summed E-state index contributed by atoms with van der Waals surface area (Å²) in [5.74, 6) is 0.587. The van der Waals surface area contributed by atoms with Crippen molar-refractivity contribution in [1.29, 1.82) is 0 Å². The first-order valence-electron chi connectivity index (χ1n) is 12.8. The molecule has 0 amide bonds. The maximum atomic E-state index is 14.0. The summed E-state index contributed by atoms with van der Waals surface area (Å²) in [5.41, 5.74) is 2.70. The Bertz CT molecular complexity index is 1970. The molecule has 9 heteroatoms. The number of rotatable bonds is 6. The highest BCUT2D eigenvalue weighted by Crippen LogP contribution is 2.35. The van der Waals surface area contributed by atoms with Crippen molar-refractivity contribution in [2.75, 3.05) is 6.61 Å². The Hall–Kier alpha value is -4.17. The molecule has 0 saturated carbocycles. The van der Waals surface area contributed by atoms with Gasteiger partial charge in [-0.1, -0.05) is 89.1 Å². The smallest absolute Gasteiger partial charge is 0.338 e. The van der Waals surface area contributed by atoms with E-state index in [1.54, 1.807) is 54.0 Å². The summed E-state index contributed by atoms with van der Waals surface area (Å²) in [6.45, 7) is 1.92. The Balaban J connectivity index is 1.56. The average molecular weight is 602 g/mol. The van der Waals surface area contributed by atoms with E-state index in [4.69, 9.17) is 37.3 Å². The zero-order valence-corrected chi connectivity index (χ0v) is 24.0. The van der Waals surface area contributed by atoms with Crippen LogP contribution in [-0.4, -0.2) is 17.1 Å². The molecule has 1 unspecified atom stereocenters. The van der Waals surface area contributed by atoms with Crippen molar-refractivity contribution in [3.63, 3.8) is 0 Å². The predicted molar refractivity (Wildman–Crippen MR) is 162 cm³/mol. The Morgan fingerprint density at radius 1 is 0.976 bits per heavy atom. The lowest BCUT2D eigenvalue weighted by atomic mass is 9.93. The van der Waals surface area contributed by atoms with Gasteiger partial charge in [-0.05, 0) is 48.9 Å². The van der Waals surface area contributed by atoms with Crippen molar-refractivity contribution in [3.05, 3.63) is 143 Å². The van der Waals surface area contributed by atoms with Gasteiger partial charge in [-0.2, -0.15) is 0 Å². The summed E-state index contributed by atoms with van der Waals surface area (Å²) >= 11 is 13.6. The molecular weight excluding hydrogens is 579 g/mol. The number of furan rings is 1. The molecule has 1 aliphatic heterocycles. The zero-order valence-electron chi connectivity index (χ0n) is 21.7. The number of esters is 1. The van der Waals surface area contributed by atoms with Crippen LogP contribution in [0.15, 0.2) is 111 Å². The summed E-state index contributed by atoms with van der Waals surface area (Å²) in [7, 11) is 0. The van der Waals surface area contributed by atoms with E-state index in [-0.39, 0.29) is 17.7 Å². The monoisotopic (exact) mass is 600 g/mol. The van der Waals surface area contributed by atoms with E-state index in [1.165, 1.54) is 11.3 Å². The molecule has 0 bridgehead atoms. The van der Waals surface area contributed by atoms with E-state index in [2.05, 4.69) is 0 Å². The van der Waals surface area contributed by atoms with Crippen LogP contribution in [-0.2, 0) is 9.53 Å². The number of hydrogen-bond acceptors (Lipinski definition) is 6. The van der Waals surface area contributed by atoms with Crippen LogP contribution in [0.2, 0.25) is 10.0 Å². The first-order valence-corrected chi connectivity index (χ1v) is 14.4. The van der Waals surface area contributed by atoms with Gasteiger partial charge in [0.15, 0.2) is 4.80 Å². The number of aromatic nitrogens is 1. The molecule has 41 heavy (non-hydrogen) atoms. The highest BCUT2D eigenvalue weighted by Gasteiger charge is 2.35. The van der Waals surface area contributed by atoms with Gasteiger partial charge in [0.05, 0.1) is 28.5 Å². The first kappa shape index (κ1) is 27.0. The normalized spacial score (nSPS) is 15.0. The van der Waals surface area contributed by atoms with Crippen LogP contribution in [0.1, 0.15) is 29.9 Å². The number of fused-ring (bicyclic) bond motifs is 1. The third-order valence-corrected chi connectivity index (χ3v) is 8.04. The lowest BCUT2D eigenvalue weighted by Crippen LogP contribution is -2.39. The standard InChI is InChI=1S/C32H22Cl2N2O4S/c1-2-39-31(38)27-28(19-7-4-3-5-8-19)35-32-36(29(27)20-11-13-22(33)14-12-20)30(37)26(41-32)18-24-15-16-25(40-24)21-9-6-10-23(34)17-21/h3-18,29H,2H2,1H3/b26-18-. The molecule has 5 aromatic rings. The van der Waals surface area contributed by atoms with E-state index < -0.39 is 12.0 Å². The van der Waals surface area contributed by atoms with Crippen LogP contribution >= 0.6 is 34.5 Å². The number of benzene rings is 3. The number of carbonyl (C=O) groups is 1. The molecule has 3 heterocycles. The van der Waals surface area contributed by atoms with E-state index in [0.29, 0.717) is 42.2 Å². The molecule has 6 rings (SSSR count). The van der Waals surface area contributed by atoms with Crippen LogP contribution < -0.4 is 14.9 Å². The van der Waals surface area contributed by atoms with Crippen LogP contribution in [0.25, 0.3) is 23.1 Å². The second-order valence-electron chi connectivity index (χ2n) is 9.20. The van der Waals surface area contributed by atoms with Gasteiger partial charge in [0.25, 0.3) is 5.56 Å². The number of nitrogens with zero attached hydrogens (tertiary/aromatic N) is 2. The van der Waals surface area contributed by atoms with Crippen molar-refractivity contribution >= 4 is 52.3 Å². The number of hydrogen-bond donors (Lipinski definition) is 0. The maximum absolute atomic E-state index is 14.0. The fourth-order valence-corrected chi connectivity index (χ4v) is 6.05. The van der Waals surface area contributed by atoms with Gasteiger partial charge in [-0.25, -0.2) is 9.79 Å². The average Bonchev–Trinajstić information content (AvgIpc) is 3.57. The molecule has 0 saturated heterocycles. The number of halogens is 2. The maximum Gasteiger partial charge on any atom is 0.338 e. The van der Waals surface area contributed by atoms with Crippen molar-refractivity contribution < 1.29 is 13.9 Å². The fraction of sp³-hybridized carbons (Fsp3) is 0.0938. The highest BCUT2D eigenvalue weighted by molar-refractivity contribution is 7.07. The Morgan fingerprint density at radius 3 is 2.46 bits per heavy atom.